The minimum absolute atomic E-state index is 0.0465. The average molecular weight is 311 g/mol. The Bertz CT molecular complexity index is 260. The second-order valence-electron chi connectivity index (χ2n) is 6.48. The summed E-state index contributed by atoms with van der Waals surface area (Å²) in [6, 6.07) is 0. The van der Waals surface area contributed by atoms with Crippen LogP contribution in [0.25, 0.3) is 0 Å². The third-order valence-electron chi connectivity index (χ3n) is 4.16. The lowest BCUT2D eigenvalue weighted by Gasteiger charge is -2.09. The molecule has 0 aliphatic rings. The van der Waals surface area contributed by atoms with Crippen LogP contribution in [0.1, 0.15) is 97.3 Å². The number of hydrogen-bond donors (Lipinski definition) is 0. The molecule has 1 atom stereocenters. The number of allylic oxidation sites excluding steroid dienone is 1. The first-order valence-corrected chi connectivity index (χ1v) is 9.49. The Morgan fingerprint density at radius 2 is 1.36 bits per heavy atom. The van der Waals surface area contributed by atoms with E-state index in [9.17, 15) is 4.79 Å². The van der Waals surface area contributed by atoms with Crippen molar-refractivity contribution in [1.29, 1.82) is 0 Å². The second-order valence-corrected chi connectivity index (χ2v) is 6.48. The average Bonchev–Trinajstić information content (AvgIpc) is 2.51. The van der Waals surface area contributed by atoms with Crippen molar-refractivity contribution in [3.63, 3.8) is 0 Å². The third kappa shape index (κ3) is 14.2. The highest BCUT2D eigenvalue weighted by Gasteiger charge is 2.11. The van der Waals surface area contributed by atoms with Gasteiger partial charge >= 0.3 is 5.97 Å². The molecule has 0 aliphatic heterocycles. The molecule has 0 amide bonds. The molecule has 0 heterocycles. The highest BCUT2D eigenvalue weighted by molar-refractivity contribution is 5.72. The van der Waals surface area contributed by atoms with Gasteiger partial charge in [0.15, 0.2) is 0 Å². The van der Waals surface area contributed by atoms with E-state index in [2.05, 4.69) is 13.5 Å². The van der Waals surface area contributed by atoms with Gasteiger partial charge < -0.3 is 4.74 Å². The van der Waals surface area contributed by atoms with Gasteiger partial charge in [-0.2, -0.15) is 0 Å². The molecular weight excluding hydrogens is 272 g/mol. The zero-order valence-corrected chi connectivity index (χ0v) is 15.1. The maximum Gasteiger partial charge on any atom is 0.308 e. The van der Waals surface area contributed by atoms with E-state index in [0.717, 1.165) is 6.42 Å². The van der Waals surface area contributed by atoms with Crippen LogP contribution in [0.5, 0.6) is 0 Å². The number of carbonyl (C=O) groups is 1. The fourth-order valence-electron chi connectivity index (χ4n) is 2.60. The van der Waals surface area contributed by atoms with Crippen LogP contribution < -0.4 is 0 Å². The monoisotopic (exact) mass is 310 g/mol. The van der Waals surface area contributed by atoms with Crippen LogP contribution in [0, 0.1) is 5.92 Å². The van der Waals surface area contributed by atoms with Crippen LogP contribution in [0.4, 0.5) is 0 Å². The van der Waals surface area contributed by atoms with Crippen LogP contribution in [-0.4, -0.2) is 12.6 Å². The van der Waals surface area contributed by atoms with Crippen LogP contribution >= 0.6 is 0 Å². The van der Waals surface area contributed by atoms with Crippen molar-refractivity contribution < 1.29 is 9.53 Å². The van der Waals surface area contributed by atoms with E-state index >= 15 is 0 Å². The van der Waals surface area contributed by atoms with Crippen molar-refractivity contribution in [3.05, 3.63) is 12.7 Å². The minimum atomic E-state index is -0.0806. The quantitative estimate of drug-likeness (QED) is 0.186. The van der Waals surface area contributed by atoms with Crippen molar-refractivity contribution in [2.24, 2.45) is 5.92 Å². The predicted molar refractivity (Wildman–Crippen MR) is 96.0 cm³/mol. The van der Waals surface area contributed by atoms with Gasteiger partial charge in [0.05, 0.1) is 12.5 Å². The zero-order chi connectivity index (χ0) is 16.5. The lowest BCUT2D eigenvalue weighted by atomic mass is 10.1. The van der Waals surface area contributed by atoms with Crippen LogP contribution in [0.3, 0.4) is 0 Å². The fraction of sp³-hybridized carbons (Fsp3) is 0.850. The lowest BCUT2D eigenvalue weighted by molar-refractivity contribution is -0.147. The van der Waals surface area contributed by atoms with Gasteiger partial charge in [0.1, 0.15) is 0 Å². The summed E-state index contributed by atoms with van der Waals surface area (Å²) in [4.78, 5) is 11.6. The molecule has 0 aromatic heterocycles. The Morgan fingerprint density at radius 1 is 0.909 bits per heavy atom. The van der Waals surface area contributed by atoms with E-state index in [-0.39, 0.29) is 11.9 Å². The number of esters is 1. The summed E-state index contributed by atoms with van der Waals surface area (Å²) in [6.45, 7) is 8.39. The highest BCUT2D eigenvalue weighted by atomic mass is 16.5. The van der Waals surface area contributed by atoms with E-state index in [1.165, 1.54) is 70.6 Å². The Hall–Kier alpha value is -0.790. The summed E-state index contributed by atoms with van der Waals surface area (Å²) in [5, 5.41) is 0. The largest absolute Gasteiger partial charge is 0.465 e. The number of ether oxygens (including phenoxy) is 1. The molecule has 0 saturated heterocycles. The predicted octanol–water partition coefficient (Wildman–Crippen LogP) is 6.44. The number of unbranched alkanes of at least 4 members (excludes halogenated alkanes) is 11. The highest BCUT2D eigenvalue weighted by Crippen LogP contribution is 2.12. The topological polar surface area (TPSA) is 26.3 Å². The Balaban J connectivity index is 3.17. The summed E-state index contributed by atoms with van der Waals surface area (Å²) in [5.74, 6) is -0.127. The van der Waals surface area contributed by atoms with Crippen LogP contribution in [0.2, 0.25) is 0 Å². The molecule has 0 aromatic carbocycles. The van der Waals surface area contributed by atoms with Gasteiger partial charge in [0, 0.05) is 0 Å². The van der Waals surface area contributed by atoms with Crippen molar-refractivity contribution in [2.75, 3.05) is 6.61 Å². The maximum atomic E-state index is 11.6. The molecule has 0 radical (unpaired) electrons. The molecule has 0 bridgehead atoms. The summed E-state index contributed by atoms with van der Waals surface area (Å²) in [6.07, 6.45) is 18.4. The normalized spacial score (nSPS) is 12.1. The number of carbonyl (C=O) groups excluding carboxylic acids is 1. The fourth-order valence-corrected chi connectivity index (χ4v) is 2.60. The van der Waals surface area contributed by atoms with Crippen molar-refractivity contribution in [1.82, 2.24) is 0 Å². The van der Waals surface area contributed by atoms with Crippen LogP contribution in [-0.2, 0) is 9.53 Å². The second kappa shape index (κ2) is 16.6. The zero-order valence-electron chi connectivity index (χ0n) is 15.1. The molecule has 2 heteroatoms. The molecule has 0 fully saturated rings. The van der Waals surface area contributed by atoms with E-state index in [4.69, 9.17) is 4.74 Å². The van der Waals surface area contributed by atoms with Gasteiger partial charge in [-0.15, -0.1) is 6.58 Å². The molecule has 130 valence electrons. The maximum absolute atomic E-state index is 11.6. The first kappa shape index (κ1) is 21.2. The van der Waals surface area contributed by atoms with E-state index < -0.39 is 0 Å². The van der Waals surface area contributed by atoms with Gasteiger partial charge in [-0.3, -0.25) is 4.79 Å². The van der Waals surface area contributed by atoms with Gasteiger partial charge in [-0.1, -0.05) is 90.6 Å². The van der Waals surface area contributed by atoms with Gasteiger partial charge in [-0.25, -0.2) is 0 Å². The van der Waals surface area contributed by atoms with E-state index in [1.54, 1.807) is 6.08 Å². The summed E-state index contributed by atoms with van der Waals surface area (Å²) < 4.78 is 5.26. The first-order chi connectivity index (χ1) is 10.7. The van der Waals surface area contributed by atoms with Gasteiger partial charge in [0.25, 0.3) is 0 Å². The Morgan fingerprint density at radius 3 is 1.82 bits per heavy atom. The molecule has 0 spiro atoms. The molecule has 22 heavy (non-hydrogen) atoms. The molecular formula is C20H38O2. The van der Waals surface area contributed by atoms with Crippen LogP contribution in [0.15, 0.2) is 12.7 Å². The van der Waals surface area contributed by atoms with Gasteiger partial charge in [-0.05, 0) is 12.8 Å². The first-order valence-electron chi connectivity index (χ1n) is 9.49. The smallest absolute Gasteiger partial charge is 0.308 e. The SMILES string of the molecule is C=CCC(C)C(=O)OCCCCCCCCCCCCCC. The summed E-state index contributed by atoms with van der Waals surface area (Å²) >= 11 is 0. The standard InChI is InChI=1S/C20H38O2/c1-4-6-7-8-9-10-11-12-13-14-15-16-18-22-20(21)19(3)17-5-2/h5,19H,2,4,6-18H2,1,3H3. The van der Waals surface area contributed by atoms with E-state index in [1.807, 2.05) is 6.92 Å². The van der Waals surface area contributed by atoms with Crippen molar-refractivity contribution in [3.8, 4) is 0 Å². The molecule has 0 N–H and O–H groups in total. The summed E-state index contributed by atoms with van der Waals surface area (Å²) in [5.41, 5.74) is 0. The van der Waals surface area contributed by atoms with Crippen molar-refractivity contribution in [2.45, 2.75) is 97.3 Å². The Labute approximate surface area is 138 Å². The lowest BCUT2D eigenvalue weighted by Crippen LogP contribution is -2.14. The van der Waals surface area contributed by atoms with Crippen molar-refractivity contribution >= 4 is 5.97 Å². The number of hydrogen-bond acceptors (Lipinski definition) is 2. The molecule has 0 aromatic rings. The van der Waals surface area contributed by atoms with Gasteiger partial charge in [0.2, 0.25) is 0 Å². The molecule has 0 rings (SSSR count). The van der Waals surface area contributed by atoms with E-state index in [0.29, 0.717) is 13.0 Å². The summed E-state index contributed by atoms with van der Waals surface area (Å²) in [7, 11) is 0. The Kier molecular flexibility index (Phi) is 16.0. The minimum Gasteiger partial charge on any atom is -0.465 e. The third-order valence-corrected chi connectivity index (χ3v) is 4.16. The molecule has 0 saturated carbocycles. The molecule has 0 aliphatic carbocycles. The molecule has 1 unspecified atom stereocenters. The molecule has 2 nitrogen and oxygen atoms in total. The number of rotatable bonds is 16.